The van der Waals surface area contributed by atoms with Gasteiger partial charge in [0.15, 0.2) is 5.82 Å². The molecule has 0 N–H and O–H groups in total. The van der Waals surface area contributed by atoms with E-state index in [9.17, 15) is 0 Å². The Kier molecular flexibility index (Phi) is 4.32. The van der Waals surface area contributed by atoms with Gasteiger partial charge in [0, 0.05) is 12.3 Å². The van der Waals surface area contributed by atoms with Crippen LogP contribution in [0.25, 0.3) is 0 Å². The van der Waals surface area contributed by atoms with Gasteiger partial charge in [-0.25, -0.2) is 0 Å². The molecule has 2 rings (SSSR count). The molecule has 1 aromatic heterocycles. The third-order valence-electron chi connectivity index (χ3n) is 3.35. The molecule has 5 heteroatoms. The monoisotopic (exact) mass is 248 g/mol. The molecule has 0 aromatic carbocycles. The highest BCUT2D eigenvalue weighted by atomic mass is 16.5. The molecule has 0 amide bonds. The van der Waals surface area contributed by atoms with E-state index in [4.69, 9.17) is 9.78 Å². The summed E-state index contributed by atoms with van der Waals surface area (Å²) in [6.07, 6.45) is 3.79. The first-order chi connectivity index (χ1) is 8.72. The Morgan fingerprint density at radius 2 is 2.39 bits per heavy atom. The van der Waals surface area contributed by atoms with Crippen molar-refractivity contribution in [1.29, 1.82) is 5.26 Å². The van der Waals surface area contributed by atoms with Crippen LogP contribution in [0.3, 0.4) is 0 Å². The van der Waals surface area contributed by atoms with Crippen molar-refractivity contribution in [3.05, 3.63) is 11.7 Å². The van der Waals surface area contributed by atoms with Crippen LogP contribution in [0.5, 0.6) is 0 Å². The zero-order valence-corrected chi connectivity index (χ0v) is 11.1. The maximum absolute atomic E-state index is 8.58. The Labute approximate surface area is 108 Å². The van der Waals surface area contributed by atoms with E-state index in [0.717, 1.165) is 31.8 Å². The summed E-state index contributed by atoms with van der Waals surface area (Å²) in [5.41, 5.74) is 0. The number of nitrogens with zero attached hydrogens (tertiary/aromatic N) is 4. The highest BCUT2D eigenvalue weighted by Gasteiger charge is 2.29. The number of hydrogen-bond acceptors (Lipinski definition) is 5. The molecule has 98 valence electrons. The molecule has 1 saturated heterocycles. The van der Waals surface area contributed by atoms with Gasteiger partial charge in [0.1, 0.15) is 0 Å². The highest BCUT2D eigenvalue weighted by molar-refractivity contribution is 4.99. The van der Waals surface area contributed by atoms with Gasteiger partial charge in [0.2, 0.25) is 5.89 Å². The van der Waals surface area contributed by atoms with Crippen LogP contribution in [0.2, 0.25) is 0 Å². The lowest BCUT2D eigenvalue weighted by atomic mass is 10.2. The summed E-state index contributed by atoms with van der Waals surface area (Å²) in [7, 11) is 0. The van der Waals surface area contributed by atoms with Crippen molar-refractivity contribution < 1.29 is 4.52 Å². The number of aromatic nitrogens is 2. The molecule has 0 aliphatic carbocycles. The molecule has 1 fully saturated rings. The topological polar surface area (TPSA) is 66.0 Å². The second-order valence-electron chi connectivity index (χ2n) is 5.10. The zero-order valence-electron chi connectivity index (χ0n) is 11.1. The van der Waals surface area contributed by atoms with E-state index in [2.05, 4.69) is 35.0 Å². The van der Waals surface area contributed by atoms with E-state index in [1.165, 1.54) is 6.42 Å². The Hall–Kier alpha value is -1.41. The molecule has 1 aliphatic heterocycles. The van der Waals surface area contributed by atoms with Crippen LogP contribution in [-0.4, -0.2) is 28.1 Å². The van der Waals surface area contributed by atoms with Crippen LogP contribution >= 0.6 is 0 Å². The smallest absolute Gasteiger partial charge is 0.229 e. The first-order valence-corrected chi connectivity index (χ1v) is 6.67. The van der Waals surface area contributed by atoms with Crippen LogP contribution in [0, 0.1) is 11.3 Å². The van der Waals surface area contributed by atoms with Crippen LogP contribution in [0.15, 0.2) is 4.52 Å². The maximum atomic E-state index is 8.58. The van der Waals surface area contributed by atoms with Gasteiger partial charge in [0.25, 0.3) is 0 Å². The standard InChI is InChI=1S/C13H20N4O/c1-10(2)13-15-12(16-18-13)11-6-5-9-17(11)8-4-3-7-14/h10-11H,3-6,8-9H2,1-2H3/t11-/m1/s1. The molecule has 0 bridgehead atoms. The maximum Gasteiger partial charge on any atom is 0.229 e. The minimum Gasteiger partial charge on any atom is -0.339 e. The molecule has 2 heterocycles. The summed E-state index contributed by atoms with van der Waals surface area (Å²) in [6.45, 7) is 6.12. The summed E-state index contributed by atoms with van der Waals surface area (Å²) < 4.78 is 5.27. The number of nitriles is 1. The molecule has 1 atom stereocenters. The van der Waals surface area contributed by atoms with Crippen molar-refractivity contribution in [2.75, 3.05) is 13.1 Å². The van der Waals surface area contributed by atoms with Crippen LogP contribution in [-0.2, 0) is 0 Å². The molecule has 0 unspecified atom stereocenters. The van der Waals surface area contributed by atoms with Crippen molar-refractivity contribution in [1.82, 2.24) is 15.0 Å². The lowest BCUT2D eigenvalue weighted by molar-refractivity contribution is 0.240. The molecule has 0 saturated carbocycles. The van der Waals surface area contributed by atoms with Crippen LogP contribution < -0.4 is 0 Å². The van der Waals surface area contributed by atoms with Gasteiger partial charge in [0.05, 0.1) is 12.1 Å². The van der Waals surface area contributed by atoms with Crippen molar-refractivity contribution in [3.8, 4) is 6.07 Å². The number of unbranched alkanes of at least 4 members (excludes halogenated alkanes) is 1. The molecule has 0 spiro atoms. The molecule has 5 nitrogen and oxygen atoms in total. The van der Waals surface area contributed by atoms with Gasteiger partial charge in [-0.3, -0.25) is 4.90 Å². The predicted molar refractivity (Wildman–Crippen MR) is 66.8 cm³/mol. The Bertz CT molecular complexity index is 421. The van der Waals surface area contributed by atoms with Crippen molar-refractivity contribution in [2.24, 2.45) is 0 Å². The molecule has 1 aromatic rings. The quantitative estimate of drug-likeness (QED) is 0.749. The van der Waals surface area contributed by atoms with E-state index in [1.807, 2.05) is 0 Å². The number of rotatable bonds is 5. The van der Waals surface area contributed by atoms with Crippen LogP contribution in [0.1, 0.15) is 63.2 Å². The minimum absolute atomic E-state index is 0.277. The average molecular weight is 248 g/mol. The van der Waals surface area contributed by atoms with Gasteiger partial charge in [-0.15, -0.1) is 0 Å². The first kappa shape index (κ1) is 13.0. The fourth-order valence-corrected chi connectivity index (χ4v) is 2.36. The fourth-order valence-electron chi connectivity index (χ4n) is 2.36. The second-order valence-corrected chi connectivity index (χ2v) is 5.10. The summed E-state index contributed by atoms with van der Waals surface area (Å²) in [6, 6.07) is 2.47. The molecular weight excluding hydrogens is 228 g/mol. The second kappa shape index (κ2) is 5.96. The first-order valence-electron chi connectivity index (χ1n) is 6.67. The van der Waals surface area contributed by atoms with Crippen molar-refractivity contribution >= 4 is 0 Å². The molecule has 0 radical (unpaired) electrons. The number of likely N-dealkylation sites (tertiary alicyclic amines) is 1. The van der Waals surface area contributed by atoms with Gasteiger partial charge in [-0.05, 0) is 32.4 Å². The summed E-state index contributed by atoms with van der Waals surface area (Å²) >= 11 is 0. The van der Waals surface area contributed by atoms with E-state index in [1.54, 1.807) is 0 Å². The third kappa shape index (κ3) is 2.88. The zero-order chi connectivity index (χ0) is 13.0. The van der Waals surface area contributed by atoms with E-state index in [-0.39, 0.29) is 12.0 Å². The average Bonchev–Trinajstić information content (AvgIpc) is 2.96. The lowest BCUT2D eigenvalue weighted by Crippen LogP contribution is -2.25. The summed E-state index contributed by atoms with van der Waals surface area (Å²) in [5, 5.41) is 12.7. The van der Waals surface area contributed by atoms with E-state index in [0.29, 0.717) is 12.3 Å². The Morgan fingerprint density at radius 3 is 3.06 bits per heavy atom. The molecule has 18 heavy (non-hydrogen) atoms. The molecular formula is C13H20N4O. The summed E-state index contributed by atoms with van der Waals surface area (Å²) in [5.74, 6) is 1.81. The predicted octanol–water partition coefficient (Wildman–Crippen LogP) is 2.63. The normalized spacial score (nSPS) is 20.4. The largest absolute Gasteiger partial charge is 0.339 e. The Balaban J connectivity index is 1.99. The van der Waals surface area contributed by atoms with Gasteiger partial charge < -0.3 is 4.52 Å². The highest BCUT2D eigenvalue weighted by Crippen LogP contribution is 2.30. The van der Waals surface area contributed by atoms with E-state index >= 15 is 0 Å². The molecule has 1 aliphatic rings. The fraction of sp³-hybridized carbons (Fsp3) is 0.769. The van der Waals surface area contributed by atoms with Gasteiger partial charge in [-0.1, -0.05) is 19.0 Å². The third-order valence-corrected chi connectivity index (χ3v) is 3.35. The SMILES string of the molecule is CC(C)c1nc([C@H]2CCCN2CCCC#N)no1. The van der Waals surface area contributed by atoms with E-state index < -0.39 is 0 Å². The number of hydrogen-bond donors (Lipinski definition) is 0. The minimum atomic E-state index is 0.277. The summed E-state index contributed by atoms with van der Waals surface area (Å²) in [4.78, 5) is 6.85. The Morgan fingerprint density at radius 1 is 1.56 bits per heavy atom. The van der Waals surface area contributed by atoms with Crippen LogP contribution in [0.4, 0.5) is 0 Å². The van der Waals surface area contributed by atoms with Crippen molar-refractivity contribution in [3.63, 3.8) is 0 Å². The van der Waals surface area contributed by atoms with Gasteiger partial charge >= 0.3 is 0 Å². The van der Waals surface area contributed by atoms with Gasteiger partial charge in [-0.2, -0.15) is 10.2 Å². The lowest BCUT2D eigenvalue weighted by Gasteiger charge is -2.20. The van der Waals surface area contributed by atoms with Crippen molar-refractivity contribution in [2.45, 2.75) is 51.5 Å².